The second-order valence-electron chi connectivity index (χ2n) is 4.63. The van der Waals surface area contributed by atoms with Crippen LogP contribution in [0, 0.1) is 17.5 Å². The van der Waals surface area contributed by atoms with Gasteiger partial charge in [-0.05, 0) is 25.8 Å². The highest BCUT2D eigenvalue weighted by atomic mass is 19.2. The molecule has 1 aliphatic heterocycles. The van der Waals surface area contributed by atoms with Crippen molar-refractivity contribution in [2.24, 2.45) is 0 Å². The zero-order valence-electron chi connectivity index (χ0n) is 10.3. The summed E-state index contributed by atoms with van der Waals surface area (Å²) in [6.07, 6.45) is 2.98. The summed E-state index contributed by atoms with van der Waals surface area (Å²) in [7, 11) is 0. The van der Waals surface area contributed by atoms with E-state index in [1.807, 2.05) is 0 Å². The molecule has 6 heteroatoms. The number of carbonyl (C=O) groups is 1. The smallest absolute Gasteiger partial charge is 0.224 e. The Morgan fingerprint density at radius 1 is 1.26 bits per heavy atom. The third-order valence-corrected chi connectivity index (χ3v) is 3.17. The molecule has 0 aliphatic carbocycles. The summed E-state index contributed by atoms with van der Waals surface area (Å²) in [5.74, 6) is -3.84. The first kappa shape index (κ1) is 13.9. The molecule has 0 bridgehead atoms. The van der Waals surface area contributed by atoms with E-state index in [0.29, 0.717) is 24.6 Å². The predicted octanol–water partition coefficient (Wildman–Crippen LogP) is 2.57. The Labute approximate surface area is 109 Å². The normalized spacial score (nSPS) is 18.6. The lowest BCUT2D eigenvalue weighted by Crippen LogP contribution is -2.23. The van der Waals surface area contributed by atoms with Gasteiger partial charge in [-0.3, -0.25) is 4.79 Å². The Morgan fingerprint density at radius 3 is 2.68 bits per heavy atom. The largest absolute Gasteiger partial charge is 0.324 e. The molecule has 0 aromatic heterocycles. The first-order valence-electron chi connectivity index (χ1n) is 6.24. The van der Waals surface area contributed by atoms with Gasteiger partial charge in [0, 0.05) is 24.6 Å². The highest BCUT2D eigenvalue weighted by Gasteiger charge is 2.16. The lowest BCUT2D eigenvalue weighted by molar-refractivity contribution is -0.116. The summed E-state index contributed by atoms with van der Waals surface area (Å²) >= 11 is 0. The summed E-state index contributed by atoms with van der Waals surface area (Å²) < 4.78 is 38.9. The van der Waals surface area contributed by atoms with E-state index in [-0.39, 0.29) is 12.1 Å². The highest BCUT2D eigenvalue weighted by molar-refractivity contribution is 5.90. The maximum atomic E-state index is 13.3. The standard InChI is InChI=1S/C13H15F3N2O/c14-9-6-11(16)12(7-10(9)15)18-13(19)4-3-8-2-1-5-17-8/h6-8,17H,1-5H2,(H,18,19). The van der Waals surface area contributed by atoms with Gasteiger partial charge in [0.1, 0.15) is 5.82 Å². The van der Waals surface area contributed by atoms with Crippen LogP contribution in [0.5, 0.6) is 0 Å². The minimum absolute atomic E-state index is 0.218. The average Bonchev–Trinajstić information content (AvgIpc) is 2.86. The SMILES string of the molecule is O=C(CCC1CCCN1)Nc1cc(F)c(F)cc1F. The summed E-state index contributed by atoms with van der Waals surface area (Å²) in [6.45, 7) is 0.948. The lowest BCUT2D eigenvalue weighted by atomic mass is 10.1. The van der Waals surface area contributed by atoms with Gasteiger partial charge in [0.25, 0.3) is 0 Å². The third kappa shape index (κ3) is 3.70. The van der Waals surface area contributed by atoms with Crippen LogP contribution in [0.3, 0.4) is 0 Å². The van der Waals surface area contributed by atoms with Gasteiger partial charge in [0.05, 0.1) is 5.69 Å². The van der Waals surface area contributed by atoms with Gasteiger partial charge in [-0.15, -0.1) is 0 Å². The predicted molar refractivity (Wildman–Crippen MR) is 65.2 cm³/mol. The quantitative estimate of drug-likeness (QED) is 0.827. The molecule has 1 heterocycles. The van der Waals surface area contributed by atoms with Gasteiger partial charge >= 0.3 is 0 Å². The van der Waals surface area contributed by atoms with Crippen LogP contribution in [-0.2, 0) is 4.79 Å². The number of rotatable bonds is 4. The summed E-state index contributed by atoms with van der Waals surface area (Å²) in [6, 6.07) is 1.38. The fraction of sp³-hybridized carbons (Fsp3) is 0.462. The van der Waals surface area contributed by atoms with Crippen molar-refractivity contribution in [3.63, 3.8) is 0 Å². The van der Waals surface area contributed by atoms with Gasteiger partial charge in [-0.2, -0.15) is 0 Å². The van der Waals surface area contributed by atoms with Crippen LogP contribution in [0.25, 0.3) is 0 Å². The number of carbonyl (C=O) groups excluding carboxylic acids is 1. The minimum atomic E-state index is -1.27. The molecule has 1 aliphatic rings. The first-order valence-corrected chi connectivity index (χ1v) is 6.24. The van der Waals surface area contributed by atoms with E-state index < -0.39 is 23.4 Å². The molecule has 0 saturated carbocycles. The molecule has 0 spiro atoms. The van der Waals surface area contributed by atoms with E-state index in [1.54, 1.807) is 0 Å². The van der Waals surface area contributed by atoms with E-state index in [4.69, 9.17) is 0 Å². The number of hydrogen-bond acceptors (Lipinski definition) is 2. The monoisotopic (exact) mass is 272 g/mol. The Kier molecular flexibility index (Phi) is 4.42. The topological polar surface area (TPSA) is 41.1 Å². The molecule has 2 rings (SSSR count). The molecule has 3 nitrogen and oxygen atoms in total. The van der Waals surface area contributed by atoms with E-state index in [9.17, 15) is 18.0 Å². The Balaban J connectivity index is 1.89. The van der Waals surface area contributed by atoms with Crippen molar-refractivity contribution < 1.29 is 18.0 Å². The molecule has 1 aromatic rings. The van der Waals surface area contributed by atoms with Crippen molar-refractivity contribution in [3.05, 3.63) is 29.6 Å². The number of amides is 1. The fourth-order valence-electron chi connectivity index (χ4n) is 2.14. The molecule has 1 atom stereocenters. The molecule has 19 heavy (non-hydrogen) atoms. The van der Waals surface area contributed by atoms with Crippen LogP contribution in [0.4, 0.5) is 18.9 Å². The molecule has 1 unspecified atom stereocenters. The molecule has 1 fully saturated rings. The van der Waals surface area contributed by atoms with E-state index in [2.05, 4.69) is 10.6 Å². The highest BCUT2D eigenvalue weighted by Crippen LogP contribution is 2.19. The second-order valence-corrected chi connectivity index (χ2v) is 4.63. The van der Waals surface area contributed by atoms with Crippen molar-refractivity contribution in [1.29, 1.82) is 0 Å². The Hall–Kier alpha value is -1.56. The zero-order chi connectivity index (χ0) is 13.8. The second kappa shape index (κ2) is 6.06. The molecule has 1 amide bonds. The molecular weight excluding hydrogens is 257 g/mol. The first-order chi connectivity index (χ1) is 9.06. The minimum Gasteiger partial charge on any atom is -0.324 e. The zero-order valence-corrected chi connectivity index (χ0v) is 10.3. The number of halogens is 3. The molecule has 0 radical (unpaired) electrons. The lowest BCUT2D eigenvalue weighted by Gasteiger charge is -2.10. The van der Waals surface area contributed by atoms with Crippen molar-refractivity contribution in [3.8, 4) is 0 Å². The summed E-state index contributed by atoms with van der Waals surface area (Å²) in [4.78, 5) is 11.6. The molecular formula is C13H15F3N2O. The van der Waals surface area contributed by atoms with Crippen LogP contribution in [0.15, 0.2) is 12.1 Å². The van der Waals surface area contributed by atoms with Crippen LogP contribution < -0.4 is 10.6 Å². The van der Waals surface area contributed by atoms with E-state index in [0.717, 1.165) is 19.4 Å². The van der Waals surface area contributed by atoms with Gasteiger partial charge in [-0.1, -0.05) is 0 Å². The number of nitrogens with one attached hydrogen (secondary N) is 2. The average molecular weight is 272 g/mol. The van der Waals surface area contributed by atoms with Crippen LogP contribution in [-0.4, -0.2) is 18.5 Å². The maximum Gasteiger partial charge on any atom is 0.224 e. The summed E-state index contributed by atoms with van der Waals surface area (Å²) in [5.41, 5.74) is -0.330. The van der Waals surface area contributed by atoms with Crippen LogP contribution in [0.1, 0.15) is 25.7 Å². The van der Waals surface area contributed by atoms with Crippen molar-refractivity contribution in [1.82, 2.24) is 5.32 Å². The van der Waals surface area contributed by atoms with Gasteiger partial charge in [-0.25, -0.2) is 13.2 Å². The maximum absolute atomic E-state index is 13.3. The number of hydrogen-bond donors (Lipinski definition) is 2. The Bertz CT molecular complexity index is 473. The number of benzene rings is 1. The van der Waals surface area contributed by atoms with Crippen molar-refractivity contribution in [2.45, 2.75) is 31.7 Å². The van der Waals surface area contributed by atoms with Gasteiger partial charge in [0.15, 0.2) is 11.6 Å². The fourth-order valence-corrected chi connectivity index (χ4v) is 2.14. The molecule has 1 aromatic carbocycles. The molecule has 1 saturated heterocycles. The van der Waals surface area contributed by atoms with Gasteiger partial charge < -0.3 is 10.6 Å². The van der Waals surface area contributed by atoms with Crippen LogP contribution >= 0.6 is 0 Å². The third-order valence-electron chi connectivity index (χ3n) is 3.17. The number of anilines is 1. The van der Waals surface area contributed by atoms with E-state index in [1.165, 1.54) is 0 Å². The summed E-state index contributed by atoms with van der Waals surface area (Å²) in [5, 5.41) is 5.49. The molecule has 2 N–H and O–H groups in total. The molecule has 104 valence electrons. The van der Waals surface area contributed by atoms with Crippen LogP contribution in [0.2, 0.25) is 0 Å². The van der Waals surface area contributed by atoms with Gasteiger partial charge in [0.2, 0.25) is 5.91 Å². The van der Waals surface area contributed by atoms with E-state index >= 15 is 0 Å². The Morgan fingerprint density at radius 2 is 2.00 bits per heavy atom. The van der Waals surface area contributed by atoms with Crippen molar-refractivity contribution >= 4 is 11.6 Å². The van der Waals surface area contributed by atoms with Crippen molar-refractivity contribution in [2.75, 3.05) is 11.9 Å².